The highest BCUT2D eigenvalue weighted by molar-refractivity contribution is 5.76. The number of hydrazone groups is 1. The molecule has 106 valence electrons. The molecule has 18 heavy (non-hydrogen) atoms. The minimum Gasteiger partial charge on any atom is -0.273 e. The number of amides is 1. The molecule has 0 aromatic rings. The second-order valence-corrected chi connectivity index (χ2v) is 4.86. The summed E-state index contributed by atoms with van der Waals surface area (Å²) in [7, 11) is 0. The van der Waals surface area contributed by atoms with Gasteiger partial charge in [-0.3, -0.25) is 4.79 Å². The van der Waals surface area contributed by atoms with Crippen molar-refractivity contribution in [3.05, 3.63) is 0 Å². The van der Waals surface area contributed by atoms with Crippen LogP contribution in [-0.4, -0.2) is 12.1 Å². The zero-order chi connectivity index (χ0) is 13.5. The molecule has 0 radical (unpaired) electrons. The quantitative estimate of drug-likeness (QED) is 0.313. The van der Waals surface area contributed by atoms with E-state index in [4.69, 9.17) is 0 Å². The van der Waals surface area contributed by atoms with E-state index in [1.165, 1.54) is 38.5 Å². The van der Waals surface area contributed by atoms with Crippen LogP contribution in [0.4, 0.5) is 0 Å². The van der Waals surface area contributed by atoms with Gasteiger partial charge >= 0.3 is 0 Å². The summed E-state index contributed by atoms with van der Waals surface area (Å²) in [6, 6.07) is 0. The maximum Gasteiger partial charge on any atom is 0.240 e. The largest absolute Gasteiger partial charge is 0.273 e. The number of carbonyl (C=O) groups is 1. The van der Waals surface area contributed by atoms with Crippen molar-refractivity contribution in [1.82, 2.24) is 5.43 Å². The van der Waals surface area contributed by atoms with Gasteiger partial charge in [-0.15, -0.1) is 0 Å². The summed E-state index contributed by atoms with van der Waals surface area (Å²) in [6.07, 6.45) is 14.4. The van der Waals surface area contributed by atoms with Crippen molar-refractivity contribution < 1.29 is 4.79 Å². The molecule has 0 aliphatic rings. The summed E-state index contributed by atoms with van der Waals surface area (Å²) in [5.41, 5.74) is 2.58. The summed E-state index contributed by atoms with van der Waals surface area (Å²) in [5, 5.41) is 3.96. The molecule has 0 bridgehead atoms. The van der Waals surface area contributed by atoms with E-state index in [2.05, 4.69) is 24.4 Å². The predicted octanol–water partition coefficient (Wildman–Crippen LogP) is 4.42. The van der Waals surface area contributed by atoms with Crippen LogP contribution in [0.1, 0.15) is 84.5 Å². The van der Waals surface area contributed by atoms with Crippen LogP contribution in [-0.2, 0) is 4.79 Å². The molecule has 0 aromatic carbocycles. The van der Waals surface area contributed by atoms with Gasteiger partial charge in [-0.25, -0.2) is 5.43 Å². The molecule has 0 saturated heterocycles. The normalized spacial score (nSPS) is 11.0. The van der Waals surface area contributed by atoms with E-state index in [-0.39, 0.29) is 5.91 Å². The number of unbranched alkanes of at least 4 members (excludes halogenated alkanes) is 8. The first-order valence-corrected chi connectivity index (χ1v) is 7.61. The van der Waals surface area contributed by atoms with Crippen molar-refractivity contribution in [2.45, 2.75) is 84.5 Å². The van der Waals surface area contributed by atoms with Crippen LogP contribution in [0.2, 0.25) is 0 Å². The van der Waals surface area contributed by atoms with E-state index in [9.17, 15) is 4.79 Å². The van der Waals surface area contributed by atoms with Gasteiger partial charge in [0.2, 0.25) is 5.91 Å². The van der Waals surface area contributed by atoms with Gasteiger partial charge in [0.15, 0.2) is 0 Å². The standard InChI is InChI=1S/C15H30N2O/c1-3-5-7-8-9-10-12-14-16-17-15(18)13-11-6-4-2/h14H,3-13H2,1-2H3,(H,17,18). The minimum atomic E-state index is 0.0441. The van der Waals surface area contributed by atoms with Gasteiger partial charge < -0.3 is 0 Å². The molecule has 0 saturated carbocycles. The lowest BCUT2D eigenvalue weighted by atomic mass is 10.1. The fourth-order valence-corrected chi connectivity index (χ4v) is 1.79. The third kappa shape index (κ3) is 13.2. The molecule has 0 aromatic heterocycles. The van der Waals surface area contributed by atoms with Crippen molar-refractivity contribution in [1.29, 1.82) is 0 Å². The molecule has 1 N–H and O–H groups in total. The van der Waals surface area contributed by atoms with Crippen LogP contribution in [0.15, 0.2) is 5.10 Å². The maximum absolute atomic E-state index is 11.3. The van der Waals surface area contributed by atoms with Crippen molar-refractivity contribution in [2.24, 2.45) is 5.10 Å². The van der Waals surface area contributed by atoms with E-state index in [1.54, 1.807) is 0 Å². The number of nitrogens with zero attached hydrogens (tertiary/aromatic N) is 1. The Labute approximate surface area is 112 Å². The van der Waals surface area contributed by atoms with E-state index < -0.39 is 0 Å². The lowest BCUT2D eigenvalue weighted by Gasteiger charge is -1.99. The maximum atomic E-state index is 11.3. The molecule has 0 atom stereocenters. The number of hydrogen-bond acceptors (Lipinski definition) is 2. The van der Waals surface area contributed by atoms with Crippen LogP contribution in [0, 0.1) is 0 Å². The number of rotatable bonds is 12. The van der Waals surface area contributed by atoms with Gasteiger partial charge in [0.25, 0.3) is 0 Å². The average Bonchev–Trinajstić information content (AvgIpc) is 2.37. The Bertz CT molecular complexity index is 215. The van der Waals surface area contributed by atoms with Gasteiger partial charge in [0.05, 0.1) is 0 Å². The van der Waals surface area contributed by atoms with E-state index in [0.717, 1.165) is 25.7 Å². The fourth-order valence-electron chi connectivity index (χ4n) is 1.79. The SMILES string of the molecule is CCCCCCCCC=NNC(=O)CCCCC. The summed E-state index contributed by atoms with van der Waals surface area (Å²) >= 11 is 0. The molecular formula is C15H30N2O. The Kier molecular flexibility index (Phi) is 13.5. The number of carbonyl (C=O) groups excluding carboxylic acids is 1. The van der Waals surface area contributed by atoms with Crippen LogP contribution >= 0.6 is 0 Å². The number of hydrogen-bond donors (Lipinski definition) is 1. The van der Waals surface area contributed by atoms with Crippen molar-refractivity contribution in [2.75, 3.05) is 0 Å². The van der Waals surface area contributed by atoms with Crippen molar-refractivity contribution >= 4 is 12.1 Å². The summed E-state index contributed by atoms with van der Waals surface area (Å²) in [4.78, 5) is 11.3. The third-order valence-electron chi connectivity index (χ3n) is 2.97. The van der Waals surface area contributed by atoms with Gasteiger partial charge in [-0.2, -0.15) is 5.10 Å². The van der Waals surface area contributed by atoms with Crippen LogP contribution in [0.25, 0.3) is 0 Å². The highest BCUT2D eigenvalue weighted by Gasteiger charge is 1.97. The van der Waals surface area contributed by atoms with Crippen molar-refractivity contribution in [3.63, 3.8) is 0 Å². The smallest absolute Gasteiger partial charge is 0.240 e. The van der Waals surface area contributed by atoms with Gasteiger partial charge in [-0.05, 0) is 19.3 Å². The molecule has 0 rings (SSSR count). The lowest BCUT2D eigenvalue weighted by Crippen LogP contribution is -2.16. The average molecular weight is 254 g/mol. The molecular weight excluding hydrogens is 224 g/mol. The van der Waals surface area contributed by atoms with Crippen LogP contribution < -0.4 is 5.43 Å². The van der Waals surface area contributed by atoms with E-state index in [1.807, 2.05) is 6.21 Å². The molecule has 0 aliphatic heterocycles. The Morgan fingerprint density at radius 1 is 0.944 bits per heavy atom. The highest BCUT2D eigenvalue weighted by Crippen LogP contribution is 2.05. The second kappa shape index (κ2) is 14.2. The van der Waals surface area contributed by atoms with Gasteiger partial charge in [0.1, 0.15) is 0 Å². The molecule has 3 heteroatoms. The Balaban J connectivity index is 3.24. The molecule has 3 nitrogen and oxygen atoms in total. The summed E-state index contributed by atoms with van der Waals surface area (Å²) in [6.45, 7) is 4.37. The van der Waals surface area contributed by atoms with E-state index in [0.29, 0.717) is 6.42 Å². The first-order valence-electron chi connectivity index (χ1n) is 7.61. The molecule has 0 spiro atoms. The summed E-state index contributed by atoms with van der Waals surface area (Å²) in [5.74, 6) is 0.0441. The molecule has 0 aliphatic carbocycles. The van der Waals surface area contributed by atoms with Crippen LogP contribution in [0.3, 0.4) is 0 Å². The zero-order valence-corrected chi connectivity index (χ0v) is 12.2. The predicted molar refractivity (Wildman–Crippen MR) is 78.8 cm³/mol. The third-order valence-corrected chi connectivity index (χ3v) is 2.97. The Morgan fingerprint density at radius 2 is 1.56 bits per heavy atom. The first-order chi connectivity index (χ1) is 8.81. The second-order valence-electron chi connectivity index (χ2n) is 4.86. The Hall–Kier alpha value is -0.860. The molecule has 0 heterocycles. The topological polar surface area (TPSA) is 41.5 Å². The van der Waals surface area contributed by atoms with E-state index >= 15 is 0 Å². The minimum absolute atomic E-state index is 0.0441. The van der Waals surface area contributed by atoms with Gasteiger partial charge in [0, 0.05) is 12.6 Å². The zero-order valence-electron chi connectivity index (χ0n) is 12.2. The molecule has 0 fully saturated rings. The first kappa shape index (κ1) is 17.1. The summed E-state index contributed by atoms with van der Waals surface area (Å²) < 4.78 is 0. The highest BCUT2D eigenvalue weighted by atomic mass is 16.2. The van der Waals surface area contributed by atoms with Gasteiger partial charge in [-0.1, -0.05) is 58.8 Å². The lowest BCUT2D eigenvalue weighted by molar-refractivity contribution is -0.121. The molecule has 1 amide bonds. The fraction of sp³-hybridized carbons (Fsp3) is 0.867. The molecule has 0 unspecified atom stereocenters. The van der Waals surface area contributed by atoms with Crippen LogP contribution in [0.5, 0.6) is 0 Å². The number of nitrogens with one attached hydrogen (secondary N) is 1. The monoisotopic (exact) mass is 254 g/mol. The van der Waals surface area contributed by atoms with Crippen molar-refractivity contribution in [3.8, 4) is 0 Å². The Morgan fingerprint density at radius 3 is 2.28 bits per heavy atom.